The molecule has 2 saturated carbocycles. The highest BCUT2D eigenvalue weighted by molar-refractivity contribution is 5.21. The Balaban J connectivity index is 1.69. The molecule has 0 saturated heterocycles. The average Bonchev–Trinajstić information content (AvgIpc) is 3.20. The van der Waals surface area contributed by atoms with Gasteiger partial charge in [0.2, 0.25) is 0 Å². The van der Waals surface area contributed by atoms with Gasteiger partial charge in [0.25, 0.3) is 0 Å². The van der Waals surface area contributed by atoms with Crippen molar-refractivity contribution in [3.63, 3.8) is 0 Å². The van der Waals surface area contributed by atoms with Gasteiger partial charge in [-0.25, -0.2) is 0 Å². The van der Waals surface area contributed by atoms with E-state index in [0.717, 1.165) is 12.0 Å². The first-order valence-electron chi connectivity index (χ1n) is 7.95. The van der Waals surface area contributed by atoms with E-state index in [1.165, 1.54) is 44.1 Å². The SMILES string of the molecule is CC1(C)CCCC(NC(c2ccccc2)C2CC2)C1. The van der Waals surface area contributed by atoms with E-state index in [-0.39, 0.29) is 0 Å². The molecule has 1 nitrogen and oxygen atoms in total. The maximum atomic E-state index is 3.99. The molecule has 104 valence electrons. The number of hydrogen-bond acceptors (Lipinski definition) is 1. The van der Waals surface area contributed by atoms with Gasteiger partial charge in [0.15, 0.2) is 0 Å². The second kappa shape index (κ2) is 5.28. The standard InChI is InChI=1S/C18H27N/c1-18(2)12-6-9-16(13-18)19-17(15-10-11-15)14-7-4-3-5-8-14/h3-5,7-8,15-17,19H,6,9-13H2,1-2H3. The smallest absolute Gasteiger partial charge is 0.0351 e. The largest absolute Gasteiger partial charge is 0.307 e. The first-order chi connectivity index (χ1) is 9.14. The molecule has 2 aliphatic rings. The molecule has 2 fully saturated rings. The van der Waals surface area contributed by atoms with Crippen molar-refractivity contribution in [2.45, 2.75) is 64.5 Å². The van der Waals surface area contributed by atoms with Crippen LogP contribution < -0.4 is 5.32 Å². The van der Waals surface area contributed by atoms with Crippen LogP contribution in [0.3, 0.4) is 0 Å². The molecule has 1 N–H and O–H groups in total. The third-order valence-electron chi connectivity index (χ3n) is 4.87. The lowest BCUT2D eigenvalue weighted by Crippen LogP contribution is -2.40. The van der Waals surface area contributed by atoms with Gasteiger partial charge in [-0.05, 0) is 49.0 Å². The van der Waals surface area contributed by atoms with Crippen molar-refractivity contribution >= 4 is 0 Å². The quantitative estimate of drug-likeness (QED) is 0.824. The second-order valence-electron chi connectivity index (χ2n) is 7.35. The van der Waals surface area contributed by atoms with Crippen LogP contribution in [0.1, 0.15) is 64.0 Å². The fourth-order valence-corrected chi connectivity index (χ4v) is 3.69. The van der Waals surface area contributed by atoms with Crippen molar-refractivity contribution in [2.24, 2.45) is 11.3 Å². The van der Waals surface area contributed by atoms with Crippen LogP contribution in [0, 0.1) is 11.3 Å². The molecule has 0 aliphatic heterocycles. The molecule has 0 heterocycles. The summed E-state index contributed by atoms with van der Waals surface area (Å²) in [4.78, 5) is 0. The van der Waals surface area contributed by atoms with Crippen molar-refractivity contribution in [1.29, 1.82) is 0 Å². The fourth-order valence-electron chi connectivity index (χ4n) is 3.69. The Morgan fingerprint density at radius 3 is 2.47 bits per heavy atom. The monoisotopic (exact) mass is 257 g/mol. The number of nitrogens with one attached hydrogen (secondary N) is 1. The molecule has 0 spiro atoms. The lowest BCUT2D eigenvalue weighted by atomic mass is 9.75. The van der Waals surface area contributed by atoms with E-state index < -0.39 is 0 Å². The Kier molecular flexibility index (Phi) is 3.66. The Labute approximate surface area is 117 Å². The van der Waals surface area contributed by atoms with Gasteiger partial charge in [0.05, 0.1) is 0 Å². The van der Waals surface area contributed by atoms with E-state index in [2.05, 4.69) is 49.5 Å². The van der Waals surface area contributed by atoms with Gasteiger partial charge < -0.3 is 5.32 Å². The maximum absolute atomic E-state index is 3.99. The maximum Gasteiger partial charge on any atom is 0.0351 e. The summed E-state index contributed by atoms with van der Waals surface area (Å²) >= 11 is 0. The highest BCUT2D eigenvalue weighted by atomic mass is 15.0. The lowest BCUT2D eigenvalue weighted by Gasteiger charge is -2.37. The van der Waals surface area contributed by atoms with E-state index in [1.54, 1.807) is 0 Å². The van der Waals surface area contributed by atoms with Gasteiger partial charge in [-0.2, -0.15) is 0 Å². The van der Waals surface area contributed by atoms with E-state index in [4.69, 9.17) is 0 Å². The van der Waals surface area contributed by atoms with Crippen LogP contribution in [0.15, 0.2) is 30.3 Å². The van der Waals surface area contributed by atoms with Crippen molar-refractivity contribution < 1.29 is 0 Å². The molecular formula is C18H27N. The summed E-state index contributed by atoms with van der Waals surface area (Å²) in [5, 5.41) is 3.99. The van der Waals surface area contributed by atoms with Crippen LogP contribution in [0.4, 0.5) is 0 Å². The Hall–Kier alpha value is -0.820. The number of rotatable bonds is 4. The first kappa shape index (κ1) is 13.2. The molecule has 19 heavy (non-hydrogen) atoms. The van der Waals surface area contributed by atoms with Crippen LogP contribution in [0.2, 0.25) is 0 Å². The Morgan fingerprint density at radius 2 is 1.84 bits per heavy atom. The van der Waals surface area contributed by atoms with E-state index in [0.29, 0.717) is 11.5 Å². The molecule has 1 aromatic carbocycles. The average molecular weight is 257 g/mol. The van der Waals surface area contributed by atoms with Crippen LogP contribution in [0.5, 0.6) is 0 Å². The van der Waals surface area contributed by atoms with E-state index in [1.807, 2.05) is 0 Å². The summed E-state index contributed by atoms with van der Waals surface area (Å²) in [6.07, 6.45) is 8.29. The molecular weight excluding hydrogens is 230 g/mol. The van der Waals surface area contributed by atoms with Crippen LogP contribution >= 0.6 is 0 Å². The highest BCUT2D eigenvalue weighted by Gasteiger charge is 2.35. The molecule has 0 radical (unpaired) electrons. The van der Waals surface area contributed by atoms with Gasteiger partial charge in [0, 0.05) is 12.1 Å². The predicted molar refractivity (Wildman–Crippen MR) is 81.1 cm³/mol. The lowest BCUT2D eigenvalue weighted by molar-refractivity contribution is 0.185. The fraction of sp³-hybridized carbons (Fsp3) is 0.667. The van der Waals surface area contributed by atoms with E-state index in [9.17, 15) is 0 Å². The summed E-state index contributed by atoms with van der Waals surface area (Å²) in [5.74, 6) is 0.882. The summed E-state index contributed by atoms with van der Waals surface area (Å²) in [6, 6.07) is 12.4. The molecule has 0 bridgehead atoms. The Bertz CT molecular complexity index is 405. The second-order valence-corrected chi connectivity index (χ2v) is 7.35. The van der Waals surface area contributed by atoms with E-state index >= 15 is 0 Å². The molecule has 1 aromatic rings. The normalized spacial score (nSPS) is 28.0. The van der Waals surface area contributed by atoms with Gasteiger partial charge in [-0.1, -0.05) is 50.6 Å². The Morgan fingerprint density at radius 1 is 1.11 bits per heavy atom. The summed E-state index contributed by atoms with van der Waals surface area (Å²) in [5.41, 5.74) is 2.02. The van der Waals surface area contributed by atoms with Gasteiger partial charge in [0.1, 0.15) is 0 Å². The molecule has 2 aliphatic carbocycles. The topological polar surface area (TPSA) is 12.0 Å². The molecule has 2 unspecified atom stereocenters. The number of benzene rings is 1. The molecule has 0 aromatic heterocycles. The zero-order valence-electron chi connectivity index (χ0n) is 12.4. The minimum atomic E-state index is 0.528. The zero-order chi connectivity index (χ0) is 13.3. The first-order valence-corrected chi connectivity index (χ1v) is 7.95. The third kappa shape index (κ3) is 3.39. The number of hydrogen-bond donors (Lipinski definition) is 1. The highest BCUT2D eigenvalue weighted by Crippen LogP contribution is 2.43. The van der Waals surface area contributed by atoms with Crippen molar-refractivity contribution in [1.82, 2.24) is 5.32 Å². The third-order valence-corrected chi connectivity index (χ3v) is 4.87. The molecule has 0 amide bonds. The van der Waals surface area contributed by atoms with Gasteiger partial charge >= 0.3 is 0 Å². The minimum absolute atomic E-state index is 0.528. The van der Waals surface area contributed by atoms with Gasteiger partial charge in [-0.3, -0.25) is 0 Å². The van der Waals surface area contributed by atoms with Crippen molar-refractivity contribution in [2.75, 3.05) is 0 Å². The predicted octanol–water partition coefficient (Wildman–Crippen LogP) is 4.70. The molecule has 2 atom stereocenters. The van der Waals surface area contributed by atoms with Crippen LogP contribution in [-0.2, 0) is 0 Å². The van der Waals surface area contributed by atoms with Crippen molar-refractivity contribution in [3.8, 4) is 0 Å². The molecule has 1 heteroatoms. The summed E-state index contributed by atoms with van der Waals surface area (Å²) < 4.78 is 0. The van der Waals surface area contributed by atoms with Crippen molar-refractivity contribution in [3.05, 3.63) is 35.9 Å². The zero-order valence-corrected chi connectivity index (χ0v) is 12.4. The minimum Gasteiger partial charge on any atom is -0.307 e. The summed E-state index contributed by atoms with van der Waals surface area (Å²) in [6.45, 7) is 4.85. The van der Waals surface area contributed by atoms with Crippen LogP contribution in [0.25, 0.3) is 0 Å². The molecule has 3 rings (SSSR count). The van der Waals surface area contributed by atoms with Crippen LogP contribution in [-0.4, -0.2) is 6.04 Å². The van der Waals surface area contributed by atoms with Gasteiger partial charge in [-0.15, -0.1) is 0 Å². The summed E-state index contributed by atoms with van der Waals surface area (Å²) in [7, 11) is 0.